The van der Waals surface area contributed by atoms with E-state index in [0.717, 1.165) is 19.4 Å². The molecule has 2 rings (SSSR count). The molecule has 1 fully saturated rings. The number of carbonyl (C=O) groups is 1. The highest BCUT2D eigenvalue weighted by molar-refractivity contribution is 5.97. The molecule has 1 heterocycles. The molecular weight excluding hydrogens is 217 g/mol. The van der Waals surface area contributed by atoms with Crippen molar-refractivity contribution in [2.24, 2.45) is 0 Å². The zero-order chi connectivity index (χ0) is 12.5. The fraction of sp³-hybridized carbons (Fsp3) is 0.500. The summed E-state index contributed by atoms with van der Waals surface area (Å²) in [5, 5.41) is 0. The van der Waals surface area contributed by atoms with E-state index in [2.05, 4.69) is 18.7 Å². The average molecular weight is 235 g/mol. The maximum Gasteiger partial charge on any atom is 0.179 e. The standard InChI is InChI=1S/C14H18FNO/c1-14(2)8-5-9-16(14)10-13(17)11-6-3-4-7-12(11)15/h3-4,6-7H,5,8-10H2,1-2H3. The van der Waals surface area contributed by atoms with Crippen molar-refractivity contribution in [1.82, 2.24) is 4.90 Å². The highest BCUT2D eigenvalue weighted by atomic mass is 19.1. The summed E-state index contributed by atoms with van der Waals surface area (Å²) in [6, 6.07) is 6.19. The number of ketones is 1. The van der Waals surface area contributed by atoms with Gasteiger partial charge in [0.25, 0.3) is 0 Å². The van der Waals surface area contributed by atoms with Crippen LogP contribution in [0.3, 0.4) is 0 Å². The number of Topliss-reactive ketones (excluding diaryl/α,β-unsaturated/α-hetero) is 1. The summed E-state index contributed by atoms with van der Waals surface area (Å²) in [6.45, 7) is 5.50. The molecule has 0 bridgehead atoms. The Kier molecular flexibility index (Phi) is 3.29. The molecule has 1 aromatic rings. The second-order valence-corrected chi connectivity index (χ2v) is 5.24. The zero-order valence-corrected chi connectivity index (χ0v) is 10.4. The summed E-state index contributed by atoms with van der Waals surface area (Å²) in [6.07, 6.45) is 2.20. The first-order valence-electron chi connectivity index (χ1n) is 6.03. The minimum Gasteiger partial charge on any atom is -0.293 e. The van der Waals surface area contributed by atoms with Crippen molar-refractivity contribution in [3.63, 3.8) is 0 Å². The van der Waals surface area contributed by atoms with Crippen molar-refractivity contribution in [3.05, 3.63) is 35.6 Å². The Morgan fingerprint density at radius 1 is 1.41 bits per heavy atom. The van der Waals surface area contributed by atoms with Gasteiger partial charge in [-0.25, -0.2) is 4.39 Å². The lowest BCUT2D eigenvalue weighted by atomic mass is 10.0. The molecule has 0 spiro atoms. The lowest BCUT2D eigenvalue weighted by Crippen LogP contribution is -2.41. The van der Waals surface area contributed by atoms with E-state index in [0.29, 0.717) is 6.54 Å². The molecule has 0 aromatic heterocycles. The summed E-state index contributed by atoms with van der Waals surface area (Å²) in [5.74, 6) is -0.549. The van der Waals surface area contributed by atoms with Crippen molar-refractivity contribution >= 4 is 5.78 Å². The number of likely N-dealkylation sites (tertiary alicyclic amines) is 1. The number of rotatable bonds is 3. The maximum atomic E-state index is 13.5. The summed E-state index contributed by atoms with van der Waals surface area (Å²) in [4.78, 5) is 14.2. The van der Waals surface area contributed by atoms with E-state index in [1.54, 1.807) is 18.2 Å². The fourth-order valence-corrected chi connectivity index (χ4v) is 2.40. The Balaban J connectivity index is 2.10. The largest absolute Gasteiger partial charge is 0.293 e. The van der Waals surface area contributed by atoms with Crippen LogP contribution >= 0.6 is 0 Å². The van der Waals surface area contributed by atoms with Crippen LogP contribution in [0.2, 0.25) is 0 Å². The van der Waals surface area contributed by atoms with Crippen LogP contribution in [0, 0.1) is 5.82 Å². The summed E-state index contributed by atoms with van der Waals surface area (Å²) >= 11 is 0. The first-order valence-corrected chi connectivity index (χ1v) is 6.03. The number of nitrogens with zero attached hydrogens (tertiary/aromatic N) is 1. The minimum absolute atomic E-state index is 0.0565. The molecule has 1 saturated heterocycles. The zero-order valence-electron chi connectivity index (χ0n) is 10.4. The predicted octanol–water partition coefficient (Wildman–Crippen LogP) is 2.88. The molecule has 0 unspecified atom stereocenters. The van der Waals surface area contributed by atoms with Crippen LogP contribution in [0.15, 0.2) is 24.3 Å². The van der Waals surface area contributed by atoms with E-state index in [-0.39, 0.29) is 16.9 Å². The normalized spacial score (nSPS) is 19.5. The van der Waals surface area contributed by atoms with Gasteiger partial charge in [0.15, 0.2) is 5.78 Å². The minimum atomic E-state index is -0.422. The van der Waals surface area contributed by atoms with Crippen molar-refractivity contribution in [2.45, 2.75) is 32.2 Å². The number of halogens is 1. The lowest BCUT2D eigenvalue weighted by molar-refractivity contribution is 0.0867. The van der Waals surface area contributed by atoms with Gasteiger partial charge in [-0.15, -0.1) is 0 Å². The van der Waals surface area contributed by atoms with E-state index >= 15 is 0 Å². The summed E-state index contributed by atoms with van der Waals surface area (Å²) in [7, 11) is 0. The number of carbonyl (C=O) groups excluding carboxylic acids is 1. The Hall–Kier alpha value is -1.22. The van der Waals surface area contributed by atoms with Gasteiger partial charge in [0.2, 0.25) is 0 Å². The molecule has 0 amide bonds. The molecule has 3 heteroatoms. The summed E-state index contributed by atoms with van der Waals surface area (Å²) < 4.78 is 13.5. The quantitative estimate of drug-likeness (QED) is 0.751. The third kappa shape index (κ3) is 2.55. The number of benzene rings is 1. The Bertz CT molecular complexity index is 428. The van der Waals surface area contributed by atoms with E-state index in [1.807, 2.05) is 0 Å². The Morgan fingerprint density at radius 2 is 2.12 bits per heavy atom. The smallest absolute Gasteiger partial charge is 0.179 e. The van der Waals surface area contributed by atoms with Gasteiger partial charge in [0.1, 0.15) is 5.82 Å². The first-order chi connectivity index (χ1) is 8.00. The molecule has 0 atom stereocenters. The monoisotopic (exact) mass is 235 g/mol. The van der Waals surface area contributed by atoms with Crippen LogP contribution in [0.4, 0.5) is 4.39 Å². The van der Waals surface area contributed by atoms with Crippen LogP contribution in [-0.2, 0) is 0 Å². The van der Waals surface area contributed by atoms with Crippen LogP contribution < -0.4 is 0 Å². The average Bonchev–Trinajstić information content (AvgIpc) is 2.59. The van der Waals surface area contributed by atoms with E-state index in [9.17, 15) is 9.18 Å². The van der Waals surface area contributed by atoms with Gasteiger partial charge in [0, 0.05) is 5.54 Å². The van der Waals surface area contributed by atoms with Gasteiger partial charge in [-0.05, 0) is 45.4 Å². The van der Waals surface area contributed by atoms with E-state index < -0.39 is 5.82 Å². The number of hydrogen-bond acceptors (Lipinski definition) is 2. The number of hydrogen-bond donors (Lipinski definition) is 0. The van der Waals surface area contributed by atoms with Crippen molar-refractivity contribution < 1.29 is 9.18 Å². The second-order valence-electron chi connectivity index (χ2n) is 5.24. The molecule has 1 aliphatic rings. The predicted molar refractivity (Wildman–Crippen MR) is 65.6 cm³/mol. The molecule has 1 aliphatic heterocycles. The van der Waals surface area contributed by atoms with Gasteiger partial charge < -0.3 is 0 Å². The maximum absolute atomic E-state index is 13.5. The van der Waals surface area contributed by atoms with Gasteiger partial charge in [-0.1, -0.05) is 12.1 Å². The molecule has 1 aromatic carbocycles. The van der Waals surface area contributed by atoms with Crippen LogP contribution in [0.5, 0.6) is 0 Å². The molecule has 0 N–H and O–H groups in total. The highest BCUT2D eigenvalue weighted by Crippen LogP contribution is 2.28. The molecule has 92 valence electrons. The third-order valence-corrected chi connectivity index (χ3v) is 3.58. The van der Waals surface area contributed by atoms with Gasteiger partial charge in [-0.3, -0.25) is 9.69 Å². The fourth-order valence-electron chi connectivity index (χ4n) is 2.40. The molecule has 0 saturated carbocycles. The molecule has 0 radical (unpaired) electrons. The van der Waals surface area contributed by atoms with Crippen molar-refractivity contribution in [3.8, 4) is 0 Å². The Morgan fingerprint density at radius 3 is 2.71 bits per heavy atom. The molecule has 0 aliphatic carbocycles. The third-order valence-electron chi connectivity index (χ3n) is 3.58. The van der Waals surface area contributed by atoms with E-state index in [4.69, 9.17) is 0 Å². The summed E-state index contributed by atoms with van der Waals surface area (Å²) in [5.41, 5.74) is 0.260. The topological polar surface area (TPSA) is 20.3 Å². The van der Waals surface area contributed by atoms with Gasteiger partial charge in [0.05, 0.1) is 12.1 Å². The second kappa shape index (κ2) is 4.57. The van der Waals surface area contributed by atoms with Crippen molar-refractivity contribution in [2.75, 3.05) is 13.1 Å². The van der Waals surface area contributed by atoms with Crippen LogP contribution in [0.25, 0.3) is 0 Å². The van der Waals surface area contributed by atoms with Gasteiger partial charge in [-0.2, -0.15) is 0 Å². The molecular formula is C14H18FNO. The molecule has 17 heavy (non-hydrogen) atoms. The van der Waals surface area contributed by atoms with E-state index in [1.165, 1.54) is 6.07 Å². The first kappa shape index (κ1) is 12.2. The SMILES string of the molecule is CC1(C)CCCN1CC(=O)c1ccccc1F. The Labute approximate surface area is 101 Å². The van der Waals surface area contributed by atoms with Crippen LogP contribution in [-0.4, -0.2) is 29.3 Å². The molecule has 2 nitrogen and oxygen atoms in total. The van der Waals surface area contributed by atoms with Crippen LogP contribution in [0.1, 0.15) is 37.0 Å². The highest BCUT2D eigenvalue weighted by Gasteiger charge is 2.33. The van der Waals surface area contributed by atoms with Crippen molar-refractivity contribution in [1.29, 1.82) is 0 Å². The van der Waals surface area contributed by atoms with Gasteiger partial charge >= 0.3 is 0 Å². The lowest BCUT2D eigenvalue weighted by Gasteiger charge is -2.30.